The largest absolute Gasteiger partial charge is 0.416 e. The number of hydrogen-bond donors (Lipinski definition) is 0. The Kier molecular flexibility index (Phi) is 3.83. The van der Waals surface area contributed by atoms with Gasteiger partial charge < -0.3 is 0 Å². The Morgan fingerprint density at radius 2 is 1.10 bits per heavy atom. The molecule has 0 aliphatic carbocycles. The van der Waals surface area contributed by atoms with Crippen molar-refractivity contribution in [1.82, 2.24) is 0 Å². The quantitative estimate of drug-likeness (QED) is 0.260. The maximum atomic E-state index is 13.8. The SMILES string of the molecule is N#CN=c1c2cc(F)ccc2c2cc3c(cc12)c(=NC#N)c1cc(C(F)(F)F)ccc13. The molecule has 0 radical (unpaired) electrons. The van der Waals surface area contributed by atoms with E-state index in [1.807, 2.05) is 0 Å². The van der Waals surface area contributed by atoms with Crippen molar-refractivity contribution in [2.45, 2.75) is 6.18 Å². The first-order chi connectivity index (χ1) is 14.8. The monoisotopic (exact) mass is 416 g/mol. The highest BCUT2D eigenvalue weighted by Gasteiger charge is 2.31. The van der Waals surface area contributed by atoms with Gasteiger partial charge in [-0.2, -0.15) is 33.7 Å². The zero-order valence-corrected chi connectivity index (χ0v) is 15.4. The number of rotatable bonds is 0. The maximum absolute atomic E-state index is 13.8. The van der Waals surface area contributed by atoms with Gasteiger partial charge in [0.1, 0.15) is 5.82 Å². The Balaban J connectivity index is 2.05. The molecule has 0 saturated heterocycles. The second-order valence-electron chi connectivity index (χ2n) is 7.01. The average Bonchev–Trinajstić information content (AvgIpc) is 3.19. The molecule has 0 aromatic heterocycles. The molecular formula is C23H8F4N4. The molecule has 0 atom stereocenters. The normalized spacial score (nSPS) is 13.5. The van der Waals surface area contributed by atoms with Crippen molar-refractivity contribution in [1.29, 1.82) is 10.5 Å². The summed E-state index contributed by atoms with van der Waals surface area (Å²) in [6.07, 6.45) is -1.18. The molecule has 0 amide bonds. The Morgan fingerprint density at radius 3 is 1.65 bits per heavy atom. The summed E-state index contributed by atoms with van der Waals surface area (Å²) < 4.78 is 53.6. The van der Waals surface area contributed by atoms with E-state index in [9.17, 15) is 17.6 Å². The van der Waals surface area contributed by atoms with E-state index in [0.717, 1.165) is 12.1 Å². The van der Waals surface area contributed by atoms with E-state index >= 15 is 0 Å². The maximum Gasteiger partial charge on any atom is 0.416 e. The van der Waals surface area contributed by atoms with E-state index in [1.165, 1.54) is 18.2 Å². The molecule has 4 nitrogen and oxygen atoms in total. The highest BCUT2D eigenvalue weighted by molar-refractivity contribution is 6.21. The Bertz CT molecular complexity index is 1760. The Hall–Kier alpha value is -4.30. The van der Waals surface area contributed by atoms with Crippen LogP contribution in [0.15, 0.2) is 58.5 Å². The molecule has 31 heavy (non-hydrogen) atoms. The van der Waals surface area contributed by atoms with E-state index < -0.39 is 17.6 Å². The van der Waals surface area contributed by atoms with Crippen molar-refractivity contribution in [3.63, 3.8) is 0 Å². The van der Waals surface area contributed by atoms with Gasteiger partial charge in [0.15, 0.2) is 0 Å². The molecule has 5 aromatic carbocycles. The molecule has 0 spiro atoms. The Labute approximate surface area is 170 Å². The van der Waals surface area contributed by atoms with Crippen LogP contribution in [0.3, 0.4) is 0 Å². The molecule has 0 saturated carbocycles. The van der Waals surface area contributed by atoms with Crippen LogP contribution in [-0.2, 0) is 6.18 Å². The lowest BCUT2D eigenvalue weighted by molar-refractivity contribution is -0.137. The third kappa shape index (κ3) is 2.66. The van der Waals surface area contributed by atoms with Crippen molar-refractivity contribution in [3.8, 4) is 12.4 Å². The molecule has 0 aliphatic rings. The average molecular weight is 416 g/mol. The summed E-state index contributed by atoms with van der Waals surface area (Å²) in [5.74, 6) is -0.485. The van der Waals surface area contributed by atoms with Crippen LogP contribution in [0.25, 0.3) is 43.1 Å². The molecule has 0 heterocycles. The molecule has 0 N–H and O–H groups in total. The molecule has 0 fully saturated rings. The minimum Gasteiger partial charge on any atom is -0.207 e. The van der Waals surface area contributed by atoms with E-state index in [-0.39, 0.29) is 16.1 Å². The zero-order valence-electron chi connectivity index (χ0n) is 15.4. The van der Waals surface area contributed by atoms with Gasteiger partial charge in [-0.25, -0.2) is 4.39 Å². The lowest BCUT2D eigenvalue weighted by Gasteiger charge is -2.06. The van der Waals surface area contributed by atoms with Crippen molar-refractivity contribution < 1.29 is 17.6 Å². The van der Waals surface area contributed by atoms with E-state index in [4.69, 9.17) is 10.5 Å². The van der Waals surface area contributed by atoms with Gasteiger partial charge in [0.25, 0.3) is 0 Å². The number of fused-ring (bicyclic) bond motifs is 6. The summed E-state index contributed by atoms with van der Waals surface area (Å²) in [6, 6.07) is 10.9. The van der Waals surface area contributed by atoms with Gasteiger partial charge in [-0.1, -0.05) is 12.1 Å². The fourth-order valence-corrected chi connectivity index (χ4v) is 4.17. The number of nitriles is 2. The molecule has 0 bridgehead atoms. The summed E-state index contributed by atoms with van der Waals surface area (Å²) in [7, 11) is 0. The minimum absolute atomic E-state index is 0.111. The molecule has 8 heteroatoms. The summed E-state index contributed by atoms with van der Waals surface area (Å²) in [5, 5.41) is 22.7. The molecular weight excluding hydrogens is 408 g/mol. The predicted octanol–water partition coefficient (Wildman–Crippen LogP) is 5.10. The molecule has 0 unspecified atom stereocenters. The second-order valence-corrected chi connectivity index (χ2v) is 7.01. The topological polar surface area (TPSA) is 72.3 Å². The van der Waals surface area contributed by atoms with Gasteiger partial charge in [-0.05, 0) is 57.9 Å². The summed E-state index contributed by atoms with van der Waals surface area (Å²) in [5.41, 5.74) is -0.843. The lowest BCUT2D eigenvalue weighted by atomic mass is 10.1. The van der Waals surface area contributed by atoms with Gasteiger partial charge in [-0.15, -0.1) is 0 Å². The lowest BCUT2D eigenvalue weighted by Crippen LogP contribution is -2.06. The second kappa shape index (κ2) is 6.35. The minimum atomic E-state index is -4.54. The summed E-state index contributed by atoms with van der Waals surface area (Å²) in [4.78, 5) is 7.62. The molecule has 5 rings (SSSR count). The first kappa shape index (κ1) is 18.7. The fraction of sp³-hybridized carbons (Fsp3) is 0.0435. The van der Waals surface area contributed by atoms with Crippen LogP contribution in [0.4, 0.5) is 17.6 Å². The number of halogens is 4. The van der Waals surface area contributed by atoms with Crippen LogP contribution in [-0.4, -0.2) is 0 Å². The first-order valence-electron chi connectivity index (χ1n) is 8.98. The molecule has 0 aliphatic heterocycles. The van der Waals surface area contributed by atoms with Crippen LogP contribution in [0, 0.1) is 28.7 Å². The van der Waals surface area contributed by atoms with E-state index in [0.29, 0.717) is 37.7 Å². The van der Waals surface area contributed by atoms with Gasteiger partial charge in [0.05, 0.1) is 16.3 Å². The number of benzene rings is 3. The van der Waals surface area contributed by atoms with Crippen molar-refractivity contribution in [2.75, 3.05) is 0 Å². The van der Waals surface area contributed by atoms with Crippen LogP contribution >= 0.6 is 0 Å². The summed E-state index contributed by atoms with van der Waals surface area (Å²) >= 11 is 0. The first-order valence-corrected chi connectivity index (χ1v) is 8.98. The van der Waals surface area contributed by atoms with Crippen LogP contribution in [0.2, 0.25) is 0 Å². The molecule has 5 aromatic rings. The zero-order chi connectivity index (χ0) is 21.9. The predicted molar refractivity (Wildman–Crippen MR) is 106 cm³/mol. The van der Waals surface area contributed by atoms with E-state index in [1.54, 1.807) is 30.6 Å². The van der Waals surface area contributed by atoms with Crippen molar-refractivity contribution >= 4 is 43.1 Å². The Morgan fingerprint density at radius 1 is 0.613 bits per heavy atom. The van der Waals surface area contributed by atoms with Crippen molar-refractivity contribution in [2.24, 2.45) is 9.98 Å². The van der Waals surface area contributed by atoms with Gasteiger partial charge >= 0.3 is 6.18 Å². The van der Waals surface area contributed by atoms with Crippen LogP contribution in [0.5, 0.6) is 0 Å². The van der Waals surface area contributed by atoms with E-state index in [2.05, 4.69) is 9.98 Å². The van der Waals surface area contributed by atoms with Crippen LogP contribution < -0.4 is 10.7 Å². The fourth-order valence-electron chi connectivity index (χ4n) is 4.17. The van der Waals surface area contributed by atoms with Gasteiger partial charge in [0, 0.05) is 21.5 Å². The third-order valence-corrected chi connectivity index (χ3v) is 5.41. The highest BCUT2D eigenvalue weighted by atomic mass is 19.4. The highest BCUT2D eigenvalue weighted by Crippen LogP contribution is 2.35. The number of hydrogen-bond acceptors (Lipinski definition) is 4. The van der Waals surface area contributed by atoms with Gasteiger partial charge in [-0.3, -0.25) is 0 Å². The number of nitrogens with zero attached hydrogens (tertiary/aromatic N) is 4. The summed E-state index contributed by atoms with van der Waals surface area (Å²) in [6.45, 7) is 0. The standard InChI is InChI=1S/C23H8F4N4/c24-12-2-4-14-16-7-15-13-3-1-11(23(25,26)27)5-17(13)21(30-9-28)19(15)8-20(16)22(31-10-29)18(14)6-12/h1-8H. The van der Waals surface area contributed by atoms with Crippen LogP contribution in [0.1, 0.15) is 5.56 Å². The van der Waals surface area contributed by atoms with Gasteiger partial charge in [0.2, 0.25) is 12.4 Å². The molecule has 148 valence electrons. The van der Waals surface area contributed by atoms with Crippen molar-refractivity contribution in [3.05, 3.63) is 70.6 Å². The number of alkyl halides is 3. The smallest absolute Gasteiger partial charge is 0.207 e. The third-order valence-electron chi connectivity index (χ3n) is 5.41.